The highest BCUT2D eigenvalue weighted by molar-refractivity contribution is 7.15. The Morgan fingerprint density at radius 2 is 1.85 bits per heavy atom. The van der Waals surface area contributed by atoms with Gasteiger partial charge in [0, 0.05) is 17.3 Å². The number of nitriles is 1. The second kappa shape index (κ2) is 9.03. The maximum absolute atomic E-state index is 13.0. The number of carbonyl (C=O) groups excluding carboxylic acids is 2. The van der Waals surface area contributed by atoms with Gasteiger partial charge in [-0.25, -0.2) is 4.98 Å². The molecule has 4 rings (SSSR count). The molecule has 3 aromatic rings. The summed E-state index contributed by atoms with van der Waals surface area (Å²) < 4.78 is 39.1. The number of carbonyl (C=O) groups is 2. The number of rotatable bonds is 6. The molecule has 1 saturated carbocycles. The van der Waals surface area contributed by atoms with E-state index in [4.69, 9.17) is 5.26 Å². The molecule has 1 aromatic carbocycles. The Morgan fingerprint density at radius 3 is 2.45 bits per heavy atom. The number of thiophene rings is 1. The average Bonchev–Trinajstić information content (AvgIpc) is 3.52. The first kappa shape index (κ1) is 22.5. The van der Waals surface area contributed by atoms with Gasteiger partial charge >= 0.3 is 6.18 Å². The number of benzene rings is 1. The quantitative estimate of drug-likeness (QED) is 0.531. The molecule has 33 heavy (non-hydrogen) atoms. The van der Waals surface area contributed by atoms with Crippen LogP contribution in [0.15, 0.2) is 48.5 Å². The number of hydrogen-bond donors (Lipinski definition) is 2. The summed E-state index contributed by atoms with van der Waals surface area (Å²) in [6, 6.07) is 13.8. The maximum atomic E-state index is 13.0. The van der Waals surface area contributed by atoms with Crippen molar-refractivity contribution in [2.45, 2.75) is 25.6 Å². The van der Waals surface area contributed by atoms with Crippen molar-refractivity contribution in [3.05, 3.63) is 70.2 Å². The number of anilines is 1. The maximum Gasteiger partial charge on any atom is 0.425 e. The van der Waals surface area contributed by atoms with Gasteiger partial charge in [-0.1, -0.05) is 12.1 Å². The normalized spacial score (nSPS) is 13.3. The summed E-state index contributed by atoms with van der Waals surface area (Å²) in [7, 11) is 0. The van der Waals surface area contributed by atoms with E-state index in [9.17, 15) is 22.8 Å². The zero-order valence-electron chi connectivity index (χ0n) is 17.1. The largest absolute Gasteiger partial charge is 0.425 e. The van der Waals surface area contributed by atoms with Crippen LogP contribution >= 0.6 is 11.3 Å². The van der Waals surface area contributed by atoms with Gasteiger partial charge in [0.1, 0.15) is 16.4 Å². The SMILES string of the molecule is N#Cc1ccc(CNC(=O)c2cc(-c3ccc(C(F)(F)F)s3)cc(NC(=O)C3CC3)n2)cc1. The molecule has 168 valence electrons. The molecular weight excluding hydrogens is 453 g/mol. The van der Waals surface area contributed by atoms with Crippen LogP contribution in [0.3, 0.4) is 0 Å². The van der Waals surface area contributed by atoms with Crippen LogP contribution < -0.4 is 10.6 Å². The van der Waals surface area contributed by atoms with Gasteiger partial charge in [-0.15, -0.1) is 11.3 Å². The molecule has 2 amide bonds. The second-order valence-corrected chi connectivity index (χ2v) is 8.63. The highest BCUT2D eigenvalue weighted by Crippen LogP contribution is 2.39. The molecule has 10 heteroatoms. The highest BCUT2D eigenvalue weighted by Gasteiger charge is 2.33. The fraction of sp³-hybridized carbons (Fsp3) is 0.217. The van der Waals surface area contributed by atoms with E-state index in [1.165, 1.54) is 18.2 Å². The van der Waals surface area contributed by atoms with Gasteiger partial charge < -0.3 is 10.6 Å². The van der Waals surface area contributed by atoms with Crippen molar-refractivity contribution in [1.29, 1.82) is 5.26 Å². The molecular formula is C23H17F3N4O2S. The standard InChI is InChI=1S/C23H17F3N4O2S/c24-23(25,26)19-8-7-18(33-19)16-9-17(29-20(10-16)30-21(31)15-5-6-15)22(32)28-12-14-3-1-13(11-27)2-4-14/h1-4,7-10,15H,5-6,12H2,(H,28,32)(H,29,30,31). The van der Waals surface area contributed by atoms with Crippen molar-refractivity contribution in [2.24, 2.45) is 5.92 Å². The summed E-state index contributed by atoms with van der Waals surface area (Å²) in [6.45, 7) is 0.164. The summed E-state index contributed by atoms with van der Waals surface area (Å²) in [5.41, 5.74) is 1.56. The Hall–Kier alpha value is -3.71. The number of halogens is 3. The third-order valence-corrected chi connectivity index (χ3v) is 6.14. The number of nitrogens with one attached hydrogen (secondary N) is 2. The number of amides is 2. The van der Waals surface area contributed by atoms with Crippen molar-refractivity contribution in [2.75, 3.05) is 5.32 Å². The summed E-state index contributed by atoms with van der Waals surface area (Å²) >= 11 is 0.550. The van der Waals surface area contributed by atoms with Gasteiger partial charge in [0.25, 0.3) is 5.91 Å². The van der Waals surface area contributed by atoms with Crippen LogP contribution in [0, 0.1) is 17.2 Å². The molecule has 0 spiro atoms. The monoisotopic (exact) mass is 470 g/mol. The summed E-state index contributed by atoms with van der Waals surface area (Å²) in [6.07, 6.45) is -2.94. The van der Waals surface area contributed by atoms with E-state index >= 15 is 0 Å². The zero-order chi connectivity index (χ0) is 23.6. The lowest BCUT2D eigenvalue weighted by Crippen LogP contribution is -2.24. The lowest BCUT2D eigenvalue weighted by Gasteiger charge is -2.10. The minimum absolute atomic E-state index is 0.0331. The molecule has 1 aliphatic carbocycles. The van der Waals surface area contributed by atoms with Crippen LogP contribution in [0.1, 0.15) is 39.3 Å². The Morgan fingerprint density at radius 1 is 1.12 bits per heavy atom. The van der Waals surface area contributed by atoms with Gasteiger partial charge in [-0.05, 0) is 60.4 Å². The molecule has 0 bridgehead atoms. The Balaban J connectivity index is 1.59. The minimum Gasteiger partial charge on any atom is -0.347 e. The molecule has 0 aliphatic heterocycles. The summed E-state index contributed by atoms with van der Waals surface area (Å²) in [4.78, 5) is 28.7. The predicted molar refractivity (Wildman–Crippen MR) is 116 cm³/mol. The van der Waals surface area contributed by atoms with Crippen molar-refractivity contribution in [3.63, 3.8) is 0 Å². The van der Waals surface area contributed by atoms with E-state index in [0.29, 0.717) is 27.3 Å². The van der Waals surface area contributed by atoms with E-state index in [0.717, 1.165) is 24.5 Å². The molecule has 0 atom stereocenters. The van der Waals surface area contributed by atoms with Crippen LogP contribution in [0.5, 0.6) is 0 Å². The van der Waals surface area contributed by atoms with E-state index in [-0.39, 0.29) is 29.9 Å². The van der Waals surface area contributed by atoms with Gasteiger partial charge in [0.05, 0.1) is 11.6 Å². The first-order chi connectivity index (χ1) is 15.7. The molecule has 0 saturated heterocycles. The molecule has 0 unspecified atom stereocenters. The Labute approximate surface area is 191 Å². The molecule has 1 aliphatic rings. The molecule has 0 radical (unpaired) electrons. The van der Waals surface area contributed by atoms with Crippen LogP contribution in [0.2, 0.25) is 0 Å². The third kappa shape index (κ3) is 5.56. The summed E-state index contributed by atoms with van der Waals surface area (Å²) in [5, 5.41) is 14.2. The molecule has 1 fully saturated rings. The number of hydrogen-bond acceptors (Lipinski definition) is 5. The first-order valence-corrected chi connectivity index (χ1v) is 10.8. The molecule has 2 aromatic heterocycles. The summed E-state index contributed by atoms with van der Waals surface area (Å²) in [5.74, 6) is -0.779. The Kier molecular flexibility index (Phi) is 6.16. The predicted octanol–water partition coefficient (Wildman–Crippen LogP) is 4.98. The smallest absolute Gasteiger partial charge is 0.347 e. The zero-order valence-corrected chi connectivity index (χ0v) is 17.9. The van der Waals surface area contributed by atoms with Gasteiger partial charge in [-0.3, -0.25) is 9.59 Å². The van der Waals surface area contributed by atoms with Crippen LogP contribution in [-0.4, -0.2) is 16.8 Å². The first-order valence-electron chi connectivity index (χ1n) is 10.0. The topological polar surface area (TPSA) is 94.9 Å². The van der Waals surface area contributed by atoms with Crippen molar-refractivity contribution in [3.8, 4) is 16.5 Å². The minimum atomic E-state index is -4.47. The van der Waals surface area contributed by atoms with E-state index in [2.05, 4.69) is 15.6 Å². The van der Waals surface area contributed by atoms with E-state index in [1.54, 1.807) is 24.3 Å². The van der Waals surface area contributed by atoms with Crippen LogP contribution in [0.25, 0.3) is 10.4 Å². The van der Waals surface area contributed by atoms with Crippen molar-refractivity contribution in [1.82, 2.24) is 10.3 Å². The fourth-order valence-corrected chi connectivity index (χ4v) is 3.90. The van der Waals surface area contributed by atoms with Crippen molar-refractivity contribution >= 4 is 29.0 Å². The lowest BCUT2D eigenvalue weighted by molar-refractivity contribution is -0.134. The number of pyridine rings is 1. The van der Waals surface area contributed by atoms with Crippen LogP contribution in [-0.2, 0) is 17.5 Å². The highest BCUT2D eigenvalue weighted by atomic mass is 32.1. The fourth-order valence-electron chi connectivity index (χ4n) is 3.04. The second-order valence-electron chi connectivity index (χ2n) is 7.54. The number of alkyl halides is 3. The average molecular weight is 470 g/mol. The Bertz CT molecular complexity index is 1240. The van der Waals surface area contributed by atoms with Crippen LogP contribution in [0.4, 0.5) is 19.0 Å². The molecule has 2 N–H and O–H groups in total. The van der Waals surface area contributed by atoms with Gasteiger partial charge in [0.2, 0.25) is 5.91 Å². The molecule has 6 nitrogen and oxygen atoms in total. The van der Waals surface area contributed by atoms with Crippen molar-refractivity contribution < 1.29 is 22.8 Å². The van der Waals surface area contributed by atoms with E-state index in [1.807, 2.05) is 6.07 Å². The number of aromatic nitrogens is 1. The van der Waals surface area contributed by atoms with Gasteiger partial charge in [0.15, 0.2) is 0 Å². The van der Waals surface area contributed by atoms with Gasteiger partial charge in [-0.2, -0.15) is 18.4 Å². The molecule has 2 heterocycles. The number of nitrogens with zero attached hydrogens (tertiary/aromatic N) is 2. The third-order valence-electron chi connectivity index (χ3n) is 4.96. The van der Waals surface area contributed by atoms with E-state index < -0.39 is 17.0 Å². The lowest BCUT2D eigenvalue weighted by atomic mass is 10.1.